The zero-order valence-corrected chi connectivity index (χ0v) is 16.3. The predicted molar refractivity (Wildman–Crippen MR) is 108 cm³/mol. The maximum Gasteiger partial charge on any atom is 0.451 e. The number of halogens is 3. The van der Waals surface area contributed by atoms with Crippen LogP contribution in [0.1, 0.15) is 35.4 Å². The Balaban J connectivity index is 1.52. The lowest BCUT2D eigenvalue weighted by Gasteiger charge is -2.22. The SMILES string of the molecule is O=C(N[C@@H]1CCC[C@H]2[C@@H]1N2n1c(C(F)(F)F)nc2ccccc2c1=O)c1ccccc1. The van der Waals surface area contributed by atoms with E-state index in [2.05, 4.69) is 10.3 Å². The van der Waals surface area contributed by atoms with Crippen molar-refractivity contribution >= 4 is 16.8 Å². The fraction of sp³-hybridized carbons (Fsp3) is 0.318. The van der Waals surface area contributed by atoms with Gasteiger partial charge in [-0.2, -0.15) is 17.8 Å². The van der Waals surface area contributed by atoms with E-state index in [1.165, 1.54) is 17.1 Å². The van der Waals surface area contributed by atoms with Crippen LogP contribution in [0, 0.1) is 0 Å². The average molecular weight is 428 g/mol. The molecule has 0 unspecified atom stereocenters. The van der Waals surface area contributed by atoms with Crippen molar-refractivity contribution in [2.45, 2.75) is 43.6 Å². The summed E-state index contributed by atoms with van der Waals surface area (Å²) in [5, 5.41) is 4.51. The maximum absolute atomic E-state index is 13.8. The molecule has 9 heteroatoms. The van der Waals surface area contributed by atoms with Crippen LogP contribution in [0.5, 0.6) is 0 Å². The van der Waals surface area contributed by atoms with Crippen molar-refractivity contribution in [2.24, 2.45) is 0 Å². The molecule has 1 aromatic heterocycles. The molecule has 1 N–H and O–H groups in total. The van der Waals surface area contributed by atoms with Crippen molar-refractivity contribution in [2.75, 3.05) is 5.01 Å². The number of amides is 1. The summed E-state index contributed by atoms with van der Waals surface area (Å²) in [6, 6.07) is 13.7. The summed E-state index contributed by atoms with van der Waals surface area (Å²) < 4.78 is 42.2. The zero-order chi connectivity index (χ0) is 21.8. The molecule has 5 rings (SSSR count). The third kappa shape index (κ3) is 3.34. The molecule has 1 aliphatic heterocycles. The van der Waals surface area contributed by atoms with Gasteiger partial charge >= 0.3 is 6.18 Å². The van der Waals surface area contributed by atoms with Crippen LogP contribution in [0.25, 0.3) is 10.9 Å². The van der Waals surface area contributed by atoms with E-state index in [0.29, 0.717) is 23.1 Å². The number of benzene rings is 2. The first-order valence-electron chi connectivity index (χ1n) is 10.1. The monoisotopic (exact) mass is 428 g/mol. The van der Waals surface area contributed by atoms with E-state index in [1.54, 1.807) is 42.5 Å². The van der Waals surface area contributed by atoms with Crippen LogP contribution in [0.3, 0.4) is 0 Å². The number of nitrogens with zero attached hydrogens (tertiary/aromatic N) is 3. The topological polar surface area (TPSA) is 67.0 Å². The summed E-state index contributed by atoms with van der Waals surface area (Å²) in [4.78, 5) is 29.4. The van der Waals surface area contributed by atoms with Gasteiger partial charge in [0.15, 0.2) is 0 Å². The van der Waals surface area contributed by atoms with Gasteiger partial charge in [0, 0.05) is 5.56 Å². The highest BCUT2D eigenvalue weighted by Gasteiger charge is 2.57. The van der Waals surface area contributed by atoms with Crippen molar-refractivity contribution in [3.8, 4) is 0 Å². The molecule has 0 bridgehead atoms. The van der Waals surface area contributed by atoms with E-state index in [-0.39, 0.29) is 34.9 Å². The number of aromatic nitrogens is 2. The van der Waals surface area contributed by atoms with Gasteiger partial charge in [0.25, 0.3) is 11.5 Å². The van der Waals surface area contributed by atoms with E-state index in [0.717, 1.165) is 6.42 Å². The molecular weight excluding hydrogens is 409 g/mol. The standard InChI is InChI=1S/C22H19F3N4O2/c23-22(24,25)21-27-15-10-5-4-9-14(15)20(31)29(21)28-17-12-6-11-16(18(17)28)26-19(30)13-7-2-1-3-8-13/h1-5,7-10,16-18H,6,11-12H2,(H,26,30)/t16-,17+,18-,28?/m1/s1. The normalized spacial score (nSPS) is 22.8. The fourth-order valence-corrected chi connectivity index (χ4v) is 4.56. The Kier molecular flexibility index (Phi) is 4.49. The number of hydrogen-bond acceptors (Lipinski definition) is 4. The lowest BCUT2D eigenvalue weighted by molar-refractivity contribution is -0.147. The molecule has 2 aliphatic rings. The van der Waals surface area contributed by atoms with Gasteiger partial charge in [-0.15, -0.1) is 0 Å². The molecular formula is C22H19F3N4O2. The highest BCUT2D eigenvalue weighted by Crippen LogP contribution is 2.40. The van der Waals surface area contributed by atoms with Crippen LogP contribution in [0.2, 0.25) is 0 Å². The average Bonchev–Trinajstić information content (AvgIpc) is 3.49. The summed E-state index contributed by atoms with van der Waals surface area (Å²) in [7, 11) is 0. The van der Waals surface area contributed by atoms with Gasteiger partial charge in [0.1, 0.15) is 0 Å². The number of carbonyl (C=O) groups is 1. The first-order chi connectivity index (χ1) is 14.9. The molecule has 3 atom stereocenters. The van der Waals surface area contributed by atoms with E-state index < -0.39 is 17.6 Å². The van der Waals surface area contributed by atoms with E-state index in [4.69, 9.17) is 0 Å². The predicted octanol–water partition coefficient (Wildman–Crippen LogP) is 3.09. The third-order valence-electron chi connectivity index (χ3n) is 5.97. The van der Waals surface area contributed by atoms with Crippen LogP contribution < -0.4 is 15.9 Å². The Bertz CT molecular complexity index is 1210. The van der Waals surface area contributed by atoms with Gasteiger partial charge in [0.05, 0.1) is 29.0 Å². The quantitative estimate of drug-likeness (QED) is 0.652. The van der Waals surface area contributed by atoms with Gasteiger partial charge in [0.2, 0.25) is 5.82 Å². The molecule has 1 aliphatic carbocycles. The molecule has 31 heavy (non-hydrogen) atoms. The van der Waals surface area contributed by atoms with Gasteiger partial charge < -0.3 is 5.32 Å². The van der Waals surface area contributed by atoms with Gasteiger partial charge in [-0.05, 0) is 43.5 Å². The van der Waals surface area contributed by atoms with Gasteiger partial charge in [-0.1, -0.05) is 30.3 Å². The molecule has 1 saturated carbocycles. The fourth-order valence-electron chi connectivity index (χ4n) is 4.56. The second kappa shape index (κ2) is 7.11. The molecule has 0 spiro atoms. The summed E-state index contributed by atoms with van der Waals surface area (Å²) in [6.07, 6.45) is -2.77. The number of carbonyl (C=O) groups excluding carboxylic acids is 1. The lowest BCUT2D eigenvalue weighted by Crippen LogP contribution is -2.44. The second-order valence-electron chi connectivity index (χ2n) is 7.88. The van der Waals surface area contributed by atoms with E-state index in [1.807, 2.05) is 0 Å². The Morgan fingerprint density at radius 3 is 2.48 bits per heavy atom. The summed E-state index contributed by atoms with van der Waals surface area (Å²) in [6.45, 7) is 0. The molecule has 0 radical (unpaired) electrons. The number of alkyl halides is 3. The Morgan fingerprint density at radius 2 is 1.74 bits per heavy atom. The molecule has 1 amide bonds. The summed E-state index contributed by atoms with van der Waals surface area (Å²) >= 11 is 0. The van der Waals surface area contributed by atoms with Crippen LogP contribution in [0.4, 0.5) is 13.2 Å². The largest absolute Gasteiger partial charge is 0.451 e. The first kappa shape index (κ1) is 19.6. The second-order valence-corrected chi connectivity index (χ2v) is 7.88. The summed E-state index contributed by atoms with van der Waals surface area (Å²) in [5.41, 5.74) is -0.257. The zero-order valence-electron chi connectivity index (χ0n) is 16.3. The third-order valence-corrected chi connectivity index (χ3v) is 5.97. The van der Waals surface area contributed by atoms with Crippen molar-refractivity contribution in [1.82, 2.24) is 15.0 Å². The van der Waals surface area contributed by atoms with Crippen molar-refractivity contribution < 1.29 is 18.0 Å². The van der Waals surface area contributed by atoms with Gasteiger partial charge in [-0.25, -0.2) is 4.98 Å². The maximum atomic E-state index is 13.8. The minimum Gasteiger partial charge on any atom is -0.347 e. The Labute approximate surface area is 175 Å². The first-order valence-corrected chi connectivity index (χ1v) is 10.1. The molecule has 3 aromatic rings. The Morgan fingerprint density at radius 1 is 1.03 bits per heavy atom. The van der Waals surface area contributed by atoms with E-state index in [9.17, 15) is 22.8 Å². The van der Waals surface area contributed by atoms with Crippen molar-refractivity contribution in [3.05, 3.63) is 76.3 Å². The van der Waals surface area contributed by atoms with Crippen LogP contribution in [-0.2, 0) is 6.18 Å². The van der Waals surface area contributed by atoms with Crippen molar-refractivity contribution in [1.29, 1.82) is 0 Å². The smallest absolute Gasteiger partial charge is 0.347 e. The highest BCUT2D eigenvalue weighted by molar-refractivity contribution is 5.94. The van der Waals surface area contributed by atoms with Crippen LogP contribution in [0.15, 0.2) is 59.4 Å². The van der Waals surface area contributed by atoms with Crippen molar-refractivity contribution in [3.63, 3.8) is 0 Å². The number of rotatable bonds is 3. The summed E-state index contributed by atoms with van der Waals surface area (Å²) in [5.74, 6) is -1.52. The molecule has 2 heterocycles. The molecule has 160 valence electrons. The number of hydrogen-bond donors (Lipinski definition) is 1. The molecule has 2 fully saturated rings. The number of para-hydroxylation sites is 1. The highest BCUT2D eigenvalue weighted by atomic mass is 19.4. The molecule has 6 nitrogen and oxygen atoms in total. The number of nitrogens with one attached hydrogen (secondary N) is 1. The van der Waals surface area contributed by atoms with Crippen LogP contribution in [-0.4, -0.2) is 33.7 Å². The Hall–Kier alpha value is -3.36. The molecule has 2 aromatic carbocycles. The molecule has 1 saturated heterocycles. The van der Waals surface area contributed by atoms with Crippen LogP contribution >= 0.6 is 0 Å². The minimum atomic E-state index is -4.79. The number of fused-ring (bicyclic) bond motifs is 2. The van der Waals surface area contributed by atoms with E-state index >= 15 is 0 Å². The van der Waals surface area contributed by atoms with Gasteiger partial charge in [-0.3, -0.25) is 14.6 Å². The lowest BCUT2D eigenvalue weighted by atomic mass is 9.95. The minimum absolute atomic E-state index is 0.00910.